The van der Waals surface area contributed by atoms with Crippen molar-refractivity contribution < 1.29 is 43.7 Å². The topological polar surface area (TPSA) is 180 Å². The Hall–Kier alpha value is -3.48. The van der Waals surface area contributed by atoms with Crippen molar-refractivity contribution in [3.8, 4) is 5.75 Å². The van der Waals surface area contributed by atoms with Crippen LogP contribution in [0.5, 0.6) is 5.75 Å². The summed E-state index contributed by atoms with van der Waals surface area (Å²) in [5.41, 5.74) is -0.152. The fourth-order valence-corrected chi connectivity index (χ4v) is 3.90. The third-order valence-electron chi connectivity index (χ3n) is 5.40. The number of alkyl carbamates (subject to hydrolysis) is 1. The van der Waals surface area contributed by atoms with Crippen molar-refractivity contribution in [1.29, 1.82) is 0 Å². The molecule has 0 bridgehead atoms. The maximum atomic E-state index is 13.2. The van der Waals surface area contributed by atoms with Crippen LogP contribution in [0.3, 0.4) is 0 Å². The van der Waals surface area contributed by atoms with Gasteiger partial charge in [-0.05, 0) is 63.3 Å². The van der Waals surface area contributed by atoms with Crippen molar-refractivity contribution in [3.63, 3.8) is 0 Å². The second kappa shape index (κ2) is 17.3. The van der Waals surface area contributed by atoms with Gasteiger partial charge in [-0.2, -0.15) is 11.8 Å². The fourth-order valence-electron chi connectivity index (χ4n) is 3.43. The average molecular weight is 584 g/mol. The van der Waals surface area contributed by atoms with Crippen LogP contribution in [0.15, 0.2) is 24.3 Å². The lowest BCUT2D eigenvalue weighted by Crippen LogP contribution is -2.55. The minimum Gasteiger partial charge on any atom is -0.478 e. The van der Waals surface area contributed by atoms with Crippen LogP contribution >= 0.6 is 11.8 Å². The highest BCUT2D eigenvalue weighted by atomic mass is 32.2. The van der Waals surface area contributed by atoms with Gasteiger partial charge in [-0.1, -0.05) is 31.9 Å². The number of rotatable bonds is 17. The highest BCUT2D eigenvalue weighted by Crippen LogP contribution is 2.16. The second-order valence-corrected chi connectivity index (χ2v) is 11.0. The summed E-state index contributed by atoms with van der Waals surface area (Å²) in [5.74, 6) is -3.63. The Morgan fingerprint density at radius 2 is 1.55 bits per heavy atom. The molecule has 40 heavy (non-hydrogen) atoms. The van der Waals surface area contributed by atoms with E-state index < -0.39 is 53.6 Å². The number of carboxylic acid groups (broad SMARTS) is 2. The molecule has 0 aliphatic rings. The van der Waals surface area contributed by atoms with E-state index in [1.165, 1.54) is 23.9 Å². The largest absolute Gasteiger partial charge is 0.478 e. The first-order chi connectivity index (χ1) is 18.8. The number of aliphatic carboxylic acids is 2. The number of unbranched alkanes of at least 4 members (excludes halogenated alkanes) is 2. The molecule has 1 aromatic carbocycles. The Balaban J connectivity index is 3.07. The van der Waals surface area contributed by atoms with E-state index in [4.69, 9.17) is 19.7 Å². The Labute approximate surface area is 238 Å². The quantitative estimate of drug-likeness (QED) is 0.135. The van der Waals surface area contributed by atoms with Gasteiger partial charge >= 0.3 is 18.0 Å². The van der Waals surface area contributed by atoms with Crippen LogP contribution in [-0.2, 0) is 30.3 Å². The Morgan fingerprint density at radius 3 is 2.08 bits per heavy atom. The summed E-state index contributed by atoms with van der Waals surface area (Å²) < 4.78 is 10.3. The molecular formula is C27H41N3O9S. The van der Waals surface area contributed by atoms with E-state index in [-0.39, 0.29) is 12.2 Å². The molecule has 0 fully saturated rings. The summed E-state index contributed by atoms with van der Waals surface area (Å²) >= 11 is 1.50. The van der Waals surface area contributed by atoms with Crippen LogP contribution in [0, 0.1) is 0 Å². The molecule has 5 N–H and O–H groups in total. The van der Waals surface area contributed by atoms with Gasteiger partial charge in [0.05, 0.1) is 0 Å². The summed E-state index contributed by atoms with van der Waals surface area (Å²) in [6.07, 6.45) is 2.14. The summed E-state index contributed by atoms with van der Waals surface area (Å²) in [6, 6.07) is 3.95. The van der Waals surface area contributed by atoms with Crippen LogP contribution in [0.2, 0.25) is 0 Å². The Kier molecular flexibility index (Phi) is 14.9. The van der Waals surface area contributed by atoms with Crippen LogP contribution in [-0.4, -0.2) is 82.4 Å². The number of ether oxygens (including phenoxy) is 2. The van der Waals surface area contributed by atoms with Crippen molar-refractivity contribution >= 4 is 41.6 Å². The molecular weight excluding hydrogens is 542 g/mol. The molecule has 1 aromatic rings. The standard InChI is InChI=1S/C27H41N3O9S/c1-6-7-8-14-28-22(31)20(16-17-9-11-18(12-10-17)38-21(24(33)34)25(35)36)29-23(32)19(13-15-40-5)30-26(37)39-27(2,3)4/h9-12,19-21H,6-8,13-16H2,1-5H3,(H,28,31)(H,29,32)(H,30,37)(H,33,34)(H,35,36)/t19-,20-/m0/s1. The lowest BCUT2D eigenvalue weighted by molar-refractivity contribution is -0.159. The predicted octanol–water partition coefficient (Wildman–Crippen LogP) is 2.58. The summed E-state index contributed by atoms with van der Waals surface area (Å²) in [5, 5.41) is 26.2. The number of amides is 3. The van der Waals surface area contributed by atoms with E-state index in [0.717, 1.165) is 19.3 Å². The van der Waals surface area contributed by atoms with E-state index in [9.17, 15) is 24.0 Å². The number of hydrogen-bond donors (Lipinski definition) is 5. The van der Waals surface area contributed by atoms with E-state index in [1.54, 1.807) is 32.9 Å². The molecule has 2 atom stereocenters. The molecule has 0 aliphatic carbocycles. The van der Waals surface area contributed by atoms with Gasteiger partial charge in [0.25, 0.3) is 6.10 Å². The summed E-state index contributed by atoms with van der Waals surface area (Å²) in [4.78, 5) is 60.8. The molecule has 13 heteroatoms. The maximum absolute atomic E-state index is 13.2. The third kappa shape index (κ3) is 13.5. The summed E-state index contributed by atoms with van der Waals surface area (Å²) in [7, 11) is 0. The monoisotopic (exact) mass is 583 g/mol. The van der Waals surface area contributed by atoms with Crippen molar-refractivity contribution in [2.24, 2.45) is 0 Å². The molecule has 0 spiro atoms. The number of carbonyl (C=O) groups excluding carboxylic acids is 3. The van der Waals surface area contributed by atoms with Gasteiger partial charge in [0.15, 0.2) is 0 Å². The molecule has 0 aromatic heterocycles. The maximum Gasteiger partial charge on any atom is 0.408 e. The first-order valence-corrected chi connectivity index (χ1v) is 14.4. The van der Waals surface area contributed by atoms with Gasteiger partial charge in [-0.3, -0.25) is 9.59 Å². The minimum atomic E-state index is -2.07. The molecule has 0 saturated carbocycles. The number of benzene rings is 1. The number of carboxylic acids is 2. The van der Waals surface area contributed by atoms with E-state index in [1.807, 2.05) is 13.2 Å². The lowest BCUT2D eigenvalue weighted by Gasteiger charge is -2.25. The molecule has 12 nitrogen and oxygen atoms in total. The first-order valence-electron chi connectivity index (χ1n) is 13.0. The molecule has 0 saturated heterocycles. The lowest BCUT2D eigenvalue weighted by atomic mass is 10.0. The highest BCUT2D eigenvalue weighted by molar-refractivity contribution is 7.98. The zero-order chi connectivity index (χ0) is 30.3. The van der Waals surface area contributed by atoms with Gasteiger partial charge in [0.1, 0.15) is 23.4 Å². The first kappa shape index (κ1) is 34.5. The normalized spacial score (nSPS) is 12.7. The van der Waals surface area contributed by atoms with Crippen molar-refractivity contribution in [2.45, 2.75) is 83.6 Å². The van der Waals surface area contributed by atoms with Gasteiger partial charge in [0, 0.05) is 13.0 Å². The van der Waals surface area contributed by atoms with Crippen molar-refractivity contribution in [3.05, 3.63) is 29.8 Å². The van der Waals surface area contributed by atoms with Gasteiger partial charge < -0.3 is 35.6 Å². The molecule has 3 amide bonds. The Morgan fingerprint density at radius 1 is 0.925 bits per heavy atom. The molecule has 224 valence electrons. The second-order valence-electron chi connectivity index (χ2n) is 10.1. The minimum absolute atomic E-state index is 0.0156. The molecule has 0 unspecified atom stereocenters. The zero-order valence-corrected chi connectivity index (χ0v) is 24.5. The van der Waals surface area contributed by atoms with Crippen LogP contribution in [0.1, 0.15) is 58.9 Å². The van der Waals surface area contributed by atoms with Crippen molar-refractivity contribution in [2.75, 3.05) is 18.6 Å². The molecule has 0 heterocycles. The SMILES string of the molecule is CCCCCNC(=O)[C@H](Cc1ccc(OC(C(=O)O)C(=O)O)cc1)NC(=O)[C@H](CCSC)NC(=O)OC(C)(C)C. The zero-order valence-electron chi connectivity index (χ0n) is 23.7. The number of carbonyl (C=O) groups is 5. The predicted molar refractivity (Wildman–Crippen MR) is 150 cm³/mol. The van der Waals surface area contributed by atoms with Gasteiger partial charge in [0.2, 0.25) is 11.8 Å². The summed E-state index contributed by atoms with van der Waals surface area (Å²) in [6.45, 7) is 7.61. The number of hydrogen-bond acceptors (Lipinski definition) is 8. The van der Waals surface area contributed by atoms with E-state index in [2.05, 4.69) is 16.0 Å². The van der Waals surface area contributed by atoms with Gasteiger partial charge in [-0.25, -0.2) is 14.4 Å². The Bertz CT molecular complexity index is 982. The van der Waals surface area contributed by atoms with Gasteiger partial charge in [-0.15, -0.1) is 0 Å². The fraction of sp³-hybridized carbons (Fsp3) is 0.593. The molecule has 1 rings (SSSR count). The highest BCUT2D eigenvalue weighted by Gasteiger charge is 2.29. The van der Waals surface area contributed by atoms with Crippen molar-refractivity contribution in [1.82, 2.24) is 16.0 Å². The van der Waals surface area contributed by atoms with Crippen LogP contribution in [0.4, 0.5) is 4.79 Å². The van der Waals surface area contributed by atoms with Crippen LogP contribution in [0.25, 0.3) is 0 Å². The van der Waals surface area contributed by atoms with E-state index >= 15 is 0 Å². The van der Waals surface area contributed by atoms with E-state index in [0.29, 0.717) is 24.3 Å². The number of nitrogens with one attached hydrogen (secondary N) is 3. The molecule has 0 aliphatic heterocycles. The smallest absolute Gasteiger partial charge is 0.408 e. The number of thioether (sulfide) groups is 1. The molecule has 0 radical (unpaired) electrons. The van der Waals surface area contributed by atoms with Crippen LogP contribution < -0.4 is 20.7 Å². The third-order valence-corrected chi connectivity index (χ3v) is 6.04. The average Bonchev–Trinajstić information content (AvgIpc) is 2.86.